The molecule has 3 aromatic carbocycles. The second kappa shape index (κ2) is 9.20. The van der Waals surface area contributed by atoms with Gasteiger partial charge < -0.3 is 9.47 Å². The Kier molecular flexibility index (Phi) is 5.81. The van der Waals surface area contributed by atoms with E-state index in [2.05, 4.69) is 12.1 Å². The average Bonchev–Trinajstić information content (AvgIpc) is 3.45. The molecule has 0 aliphatic carbocycles. The molecule has 32 heavy (non-hydrogen) atoms. The Bertz CT molecular complexity index is 1310. The van der Waals surface area contributed by atoms with Crippen molar-refractivity contribution in [3.8, 4) is 22.8 Å². The molecule has 4 aromatic rings. The Balaban J connectivity index is 1.48. The second-order valence-electron chi connectivity index (χ2n) is 7.20. The number of thiazole rings is 1. The molecule has 1 aliphatic rings. The molecule has 0 N–H and O–H groups in total. The molecule has 1 aromatic heterocycles. The fraction of sp³-hybridized carbons (Fsp3) is 0.120. The van der Waals surface area contributed by atoms with Crippen molar-refractivity contribution in [2.75, 3.05) is 13.3 Å². The van der Waals surface area contributed by atoms with Gasteiger partial charge in [-0.05, 0) is 60.0 Å². The van der Waals surface area contributed by atoms with Crippen LogP contribution >= 0.6 is 11.3 Å². The van der Waals surface area contributed by atoms with Gasteiger partial charge in [-0.3, -0.25) is 4.99 Å². The van der Waals surface area contributed by atoms with Crippen LogP contribution in [-0.4, -0.2) is 24.2 Å². The van der Waals surface area contributed by atoms with E-state index in [0.717, 1.165) is 33.8 Å². The summed E-state index contributed by atoms with van der Waals surface area (Å²) in [5.41, 5.74) is 3.84. The first kappa shape index (κ1) is 20.2. The van der Waals surface area contributed by atoms with Crippen molar-refractivity contribution in [3.05, 3.63) is 99.9 Å². The van der Waals surface area contributed by atoms with Crippen molar-refractivity contribution in [1.82, 2.24) is 4.68 Å². The molecule has 0 unspecified atom stereocenters. The maximum atomic E-state index is 13.4. The lowest BCUT2D eigenvalue weighted by Crippen LogP contribution is -2.13. The average molecular weight is 446 g/mol. The SMILES string of the molecule is Fc1ccc(-c2csc(=NCCc3ccccc3)n2N=Cc2ccc3c(c2)OCO3)cc1. The molecule has 0 atom stereocenters. The minimum Gasteiger partial charge on any atom is -0.454 e. The highest BCUT2D eigenvalue weighted by molar-refractivity contribution is 7.07. The van der Waals surface area contributed by atoms with Crippen LogP contribution in [0.5, 0.6) is 11.5 Å². The molecule has 5 rings (SSSR count). The highest BCUT2D eigenvalue weighted by atomic mass is 32.1. The van der Waals surface area contributed by atoms with Gasteiger partial charge in [0.25, 0.3) is 0 Å². The van der Waals surface area contributed by atoms with E-state index in [1.165, 1.54) is 29.0 Å². The molecule has 160 valence electrons. The maximum absolute atomic E-state index is 13.4. The fourth-order valence-corrected chi connectivity index (χ4v) is 4.25. The van der Waals surface area contributed by atoms with Gasteiger partial charge in [-0.25, -0.2) is 9.07 Å². The summed E-state index contributed by atoms with van der Waals surface area (Å²) < 4.78 is 26.1. The first-order chi connectivity index (χ1) is 15.8. The molecule has 0 fully saturated rings. The molecule has 0 spiro atoms. The van der Waals surface area contributed by atoms with Crippen molar-refractivity contribution in [1.29, 1.82) is 0 Å². The molecular formula is C25H20FN3O2S. The summed E-state index contributed by atoms with van der Waals surface area (Å²) in [6.07, 6.45) is 2.61. The number of benzene rings is 3. The zero-order chi connectivity index (χ0) is 21.8. The van der Waals surface area contributed by atoms with Gasteiger partial charge >= 0.3 is 0 Å². The molecule has 7 heteroatoms. The Labute approximate surface area is 188 Å². The smallest absolute Gasteiger partial charge is 0.231 e. The number of fused-ring (bicyclic) bond motifs is 1. The molecular weight excluding hydrogens is 425 g/mol. The third-order valence-corrected chi connectivity index (χ3v) is 5.89. The zero-order valence-electron chi connectivity index (χ0n) is 17.1. The standard InChI is InChI=1S/C25H20FN3O2S/c26-21-9-7-20(8-10-21)22-16-32-25(27-13-12-18-4-2-1-3-5-18)29(22)28-15-19-6-11-23-24(14-19)31-17-30-23/h1-11,14-16H,12-13,17H2. The number of rotatable bonds is 6. The number of ether oxygens (including phenoxy) is 2. The van der Waals surface area contributed by atoms with Crippen molar-refractivity contribution in [2.45, 2.75) is 6.42 Å². The van der Waals surface area contributed by atoms with Gasteiger partial charge in [-0.2, -0.15) is 5.10 Å². The van der Waals surface area contributed by atoms with Gasteiger partial charge in [0.2, 0.25) is 11.6 Å². The van der Waals surface area contributed by atoms with Gasteiger partial charge in [-0.1, -0.05) is 30.3 Å². The van der Waals surface area contributed by atoms with E-state index in [0.29, 0.717) is 12.3 Å². The summed E-state index contributed by atoms with van der Waals surface area (Å²) in [4.78, 5) is 5.56. The Morgan fingerprint density at radius 2 is 1.78 bits per heavy atom. The number of aromatic nitrogens is 1. The predicted molar refractivity (Wildman–Crippen MR) is 124 cm³/mol. The van der Waals surface area contributed by atoms with Crippen LogP contribution in [0.2, 0.25) is 0 Å². The molecule has 0 radical (unpaired) electrons. The number of nitrogens with zero attached hydrogens (tertiary/aromatic N) is 3. The van der Waals surface area contributed by atoms with E-state index >= 15 is 0 Å². The normalized spacial score (nSPS) is 13.2. The van der Waals surface area contributed by atoms with Crippen LogP contribution < -0.4 is 14.3 Å². The summed E-state index contributed by atoms with van der Waals surface area (Å²) in [6, 6.07) is 22.3. The quantitative estimate of drug-likeness (QED) is 0.387. The van der Waals surface area contributed by atoms with Crippen LogP contribution in [0, 0.1) is 5.82 Å². The van der Waals surface area contributed by atoms with Crippen molar-refractivity contribution >= 4 is 17.6 Å². The van der Waals surface area contributed by atoms with E-state index in [4.69, 9.17) is 19.6 Å². The third kappa shape index (κ3) is 4.48. The van der Waals surface area contributed by atoms with Crippen molar-refractivity contribution in [3.63, 3.8) is 0 Å². The number of hydrogen-bond acceptors (Lipinski definition) is 5. The molecule has 1 aliphatic heterocycles. The van der Waals surface area contributed by atoms with Crippen LogP contribution in [0.25, 0.3) is 11.3 Å². The van der Waals surface area contributed by atoms with Crippen LogP contribution in [0.3, 0.4) is 0 Å². The maximum Gasteiger partial charge on any atom is 0.231 e. The largest absolute Gasteiger partial charge is 0.454 e. The van der Waals surface area contributed by atoms with E-state index < -0.39 is 0 Å². The lowest BCUT2D eigenvalue weighted by atomic mass is 10.2. The summed E-state index contributed by atoms with van der Waals surface area (Å²) in [6.45, 7) is 0.876. The van der Waals surface area contributed by atoms with E-state index in [1.807, 2.05) is 41.8 Å². The number of halogens is 1. The highest BCUT2D eigenvalue weighted by Crippen LogP contribution is 2.32. The molecule has 0 saturated heterocycles. The molecule has 5 nitrogen and oxygen atoms in total. The van der Waals surface area contributed by atoms with E-state index in [9.17, 15) is 4.39 Å². The Morgan fingerprint density at radius 1 is 0.969 bits per heavy atom. The minimum atomic E-state index is -0.271. The lowest BCUT2D eigenvalue weighted by Gasteiger charge is -2.04. The summed E-state index contributed by atoms with van der Waals surface area (Å²) >= 11 is 1.51. The van der Waals surface area contributed by atoms with Crippen molar-refractivity contribution < 1.29 is 13.9 Å². The predicted octanol–water partition coefficient (Wildman–Crippen LogP) is 5.11. The Hall–Kier alpha value is -3.71. The van der Waals surface area contributed by atoms with Crippen LogP contribution in [0.15, 0.2) is 88.3 Å². The van der Waals surface area contributed by atoms with Gasteiger partial charge in [0, 0.05) is 17.5 Å². The second-order valence-corrected chi connectivity index (χ2v) is 8.03. The first-order valence-corrected chi connectivity index (χ1v) is 11.1. The van der Waals surface area contributed by atoms with Gasteiger partial charge in [0.1, 0.15) is 5.82 Å². The highest BCUT2D eigenvalue weighted by Gasteiger charge is 2.13. The zero-order valence-corrected chi connectivity index (χ0v) is 18.0. The summed E-state index contributed by atoms with van der Waals surface area (Å²) in [5.74, 6) is 1.16. The minimum absolute atomic E-state index is 0.231. The topological polar surface area (TPSA) is 48.1 Å². The molecule has 0 amide bonds. The van der Waals surface area contributed by atoms with E-state index in [1.54, 1.807) is 23.0 Å². The van der Waals surface area contributed by atoms with Gasteiger partial charge in [-0.15, -0.1) is 11.3 Å². The lowest BCUT2D eigenvalue weighted by molar-refractivity contribution is 0.174. The number of hydrogen-bond donors (Lipinski definition) is 0. The molecule has 0 saturated carbocycles. The third-order valence-electron chi connectivity index (χ3n) is 5.03. The summed E-state index contributed by atoms with van der Waals surface area (Å²) in [5, 5.41) is 6.70. The molecule has 2 heterocycles. The van der Waals surface area contributed by atoms with Crippen LogP contribution in [0.4, 0.5) is 4.39 Å². The Morgan fingerprint density at radius 3 is 2.62 bits per heavy atom. The molecule has 0 bridgehead atoms. The first-order valence-electron chi connectivity index (χ1n) is 10.2. The summed E-state index contributed by atoms with van der Waals surface area (Å²) in [7, 11) is 0. The van der Waals surface area contributed by atoms with Crippen molar-refractivity contribution in [2.24, 2.45) is 10.1 Å². The monoisotopic (exact) mass is 445 g/mol. The van der Waals surface area contributed by atoms with Gasteiger partial charge in [0.15, 0.2) is 11.5 Å². The van der Waals surface area contributed by atoms with Gasteiger partial charge in [0.05, 0.1) is 11.9 Å². The van der Waals surface area contributed by atoms with Crippen LogP contribution in [-0.2, 0) is 6.42 Å². The van der Waals surface area contributed by atoms with Crippen LogP contribution in [0.1, 0.15) is 11.1 Å². The fourth-order valence-electron chi connectivity index (χ4n) is 3.38. The van der Waals surface area contributed by atoms with E-state index in [-0.39, 0.29) is 12.6 Å².